The molecule has 0 radical (unpaired) electrons. The lowest BCUT2D eigenvalue weighted by atomic mass is 10.2. The van der Waals surface area contributed by atoms with Gasteiger partial charge in [0.2, 0.25) is 0 Å². The number of carbonyl (C=O) groups excluding carboxylic acids is 1. The van der Waals surface area contributed by atoms with E-state index in [1.54, 1.807) is 24.5 Å². The lowest BCUT2D eigenvalue weighted by molar-refractivity contribution is 0.0951. The summed E-state index contributed by atoms with van der Waals surface area (Å²) in [6.07, 6.45) is 5.10. The average molecular weight is 329 g/mol. The molecule has 128 valence electrons. The van der Waals surface area contributed by atoms with Crippen LogP contribution in [0.4, 0.5) is 0 Å². The quantitative estimate of drug-likeness (QED) is 0.547. The maximum atomic E-state index is 11.8. The van der Waals surface area contributed by atoms with E-state index in [4.69, 9.17) is 9.47 Å². The number of nitrogens with zero attached hydrogens (tertiary/aromatic N) is 1. The minimum atomic E-state index is -0.296. The summed E-state index contributed by atoms with van der Waals surface area (Å²) in [6, 6.07) is 9.01. The van der Waals surface area contributed by atoms with E-state index in [0.717, 1.165) is 24.2 Å². The molecule has 0 fully saturated rings. The predicted octanol–water partition coefficient (Wildman–Crippen LogP) is 3.36. The van der Waals surface area contributed by atoms with Gasteiger partial charge in [-0.05, 0) is 37.1 Å². The zero-order valence-electron chi connectivity index (χ0n) is 14.0. The summed E-state index contributed by atoms with van der Waals surface area (Å²) in [4.78, 5) is 14.6. The van der Waals surface area contributed by atoms with Gasteiger partial charge < -0.3 is 14.5 Å². The minimum Gasteiger partial charge on any atom is -0.493 e. The molecule has 2 rings (SSSR count). The van der Waals surface area contributed by atoms with Crippen LogP contribution in [0.2, 0.25) is 0 Å². The summed E-state index contributed by atoms with van der Waals surface area (Å²) < 4.78 is 11.4. The third-order valence-electron chi connectivity index (χ3n) is 3.13. The highest BCUT2D eigenvalue weighted by molar-refractivity contribution is 5.93. The SMILES string of the molecule is CCCOc1ccc(/C=N\NC(=O)c2ccc[nH]2)c(OCCC)c1. The van der Waals surface area contributed by atoms with Crippen LogP contribution in [0.3, 0.4) is 0 Å². The Morgan fingerprint density at radius 3 is 2.71 bits per heavy atom. The van der Waals surface area contributed by atoms with Gasteiger partial charge in [-0.25, -0.2) is 5.43 Å². The van der Waals surface area contributed by atoms with E-state index in [1.807, 2.05) is 25.1 Å². The maximum absolute atomic E-state index is 11.8. The van der Waals surface area contributed by atoms with Crippen LogP contribution >= 0.6 is 0 Å². The Kier molecular flexibility index (Phi) is 6.89. The molecule has 1 heterocycles. The summed E-state index contributed by atoms with van der Waals surface area (Å²) in [5, 5.41) is 3.99. The Labute approximate surface area is 141 Å². The number of ether oxygens (including phenoxy) is 2. The van der Waals surface area contributed by atoms with E-state index in [2.05, 4.69) is 22.4 Å². The molecule has 0 atom stereocenters. The second-order valence-electron chi connectivity index (χ2n) is 5.18. The highest BCUT2D eigenvalue weighted by Crippen LogP contribution is 2.24. The van der Waals surface area contributed by atoms with E-state index >= 15 is 0 Å². The van der Waals surface area contributed by atoms with E-state index < -0.39 is 0 Å². The highest BCUT2D eigenvalue weighted by Gasteiger charge is 2.06. The van der Waals surface area contributed by atoms with Crippen molar-refractivity contribution in [2.75, 3.05) is 13.2 Å². The van der Waals surface area contributed by atoms with Gasteiger partial charge in [-0.1, -0.05) is 13.8 Å². The number of amides is 1. The number of hydrazone groups is 1. The molecule has 0 aliphatic heterocycles. The molecule has 0 saturated carbocycles. The lowest BCUT2D eigenvalue weighted by Gasteiger charge is -2.11. The summed E-state index contributed by atoms with van der Waals surface area (Å²) in [5.41, 5.74) is 3.71. The first-order valence-corrected chi connectivity index (χ1v) is 8.11. The van der Waals surface area contributed by atoms with Gasteiger partial charge in [0.15, 0.2) is 0 Å². The van der Waals surface area contributed by atoms with Crippen molar-refractivity contribution in [1.29, 1.82) is 0 Å². The topological polar surface area (TPSA) is 75.7 Å². The first-order valence-electron chi connectivity index (χ1n) is 8.11. The fourth-order valence-corrected chi connectivity index (χ4v) is 1.96. The average Bonchev–Trinajstić information content (AvgIpc) is 3.14. The van der Waals surface area contributed by atoms with Gasteiger partial charge in [-0.2, -0.15) is 5.10 Å². The molecule has 0 aliphatic carbocycles. The smallest absolute Gasteiger partial charge is 0.287 e. The van der Waals surface area contributed by atoms with Crippen molar-refractivity contribution in [3.8, 4) is 11.5 Å². The molecule has 0 spiro atoms. The number of hydrogen-bond acceptors (Lipinski definition) is 4. The molecule has 24 heavy (non-hydrogen) atoms. The van der Waals surface area contributed by atoms with Crippen molar-refractivity contribution in [2.24, 2.45) is 5.10 Å². The van der Waals surface area contributed by atoms with Crippen molar-refractivity contribution < 1.29 is 14.3 Å². The van der Waals surface area contributed by atoms with Crippen LogP contribution < -0.4 is 14.9 Å². The van der Waals surface area contributed by atoms with Crippen molar-refractivity contribution in [1.82, 2.24) is 10.4 Å². The summed E-state index contributed by atoms with van der Waals surface area (Å²) >= 11 is 0. The number of carbonyl (C=O) groups is 1. The van der Waals surface area contributed by atoms with E-state index in [9.17, 15) is 4.79 Å². The number of hydrogen-bond donors (Lipinski definition) is 2. The molecule has 0 unspecified atom stereocenters. The molecule has 0 saturated heterocycles. The van der Waals surface area contributed by atoms with Crippen LogP contribution in [0.15, 0.2) is 41.6 Å². The molecular formula is C18H23N3O3. The van der Waals surface area contributed by atoms with Gasteiger partial charge in [0, 0.05) is 17.8 Å². The second-order valence-corrected chi connectivity index (χ2v) is 5.18. The van der Waals surface area contributed by atoms with Crippen LogP contribution in [-0.4, -0.2) is 30.3 Å². The van der Waals surface area contributed by atoms with Crippen molar-refractivity contribution in [3.63, 3.8) is 0 Å². The maximum Gasteiger partial charge on any atom is 0.287 e. The van der Waals surface area contributed by atoms with Crippen molar-refractivity contribution in [3.05, 3.63) is 47.8 Å². The molecular weight excluding hydrogens is 306 g/mol. The monoisotopic (exact) mass is 329 g/mol. The Hall–Kier alpha value is -2.76. The Morgan fingerprint density at radius 1 is 1.21 bits per heavy atom. The minimum absolute atomic E-state index is 0.296. The number of benzene rings is 1. The number of rotatable bonds is 9. The molecule has 6 heteroatoms. The highest BCUT2D eigenvalue weighted by atomic mass is 16.5. The number of aromatic amines is 1. The Bertz CT molecular complexity index is 666. The van der Waals surface area contributed by atoms with Crippen LogP contribution in [0.1, 0.15) is 42.7 Å². The lowest BCUT2D eigenvalue weighted by Crippen LogP contribution is -2.17. The number of aromatic nitrogens is 1. The normalized spacial score (nSPS) is 10.8. The summed E-state index contributed by atoms with van der Waals surface area (Å²) in [5.74, 6) is 1.15. The molecule has 1 amide bonds. The fourth-order valence-electron chi connectivity index (χ4n) is 1.96. The molecule has 1 aromatic heterocycles. The standard InChI is InChI=1S/C18H23N3O3/c1-3-10-23-15-8-7-14(17(12-15)24-11-4-2)13-20-21-18(22)16-6-5-9-19-16/h5-9,12-13,19H,3-4,10-11H2,1-2H3,(H,21,22)/b20-13-. The fraction of sp³-hybridized carbons (Fsp3) is 0.333. The van der Waals surface area contributed by atoms with Crippen molar-refractivity contribution >= 4 is 12.1 Å². The molecule has 1 aromatic carbocycles. The zero-order chi connectivity index (χ0) is 17.2. The van der Waals surface area contributed by atoms with E-state index in [1.165, 1.54) is 0 Å². The predicted molar refractivity (Wildman–Crippen MR) is 93.9 cm³/mol. The largest absolute Gasteiger partial charge is 0.493 e. The van der Waals surface area contributed by atoms with Crippen LogP contribution in [0.5, 0.6) is 11.5 Å². The van der Waals surface area contributed by atoms with E-state index in [-0.39, 0.29) is 5.91 Å². The third kappa shape index (κ3) is 5.15. The summed E-state index contributed by atoms with van der Waals surface area (Å²) in [7, 11) is 0. The number of nitrogens with one attached hydrogen (secondary N) is 2. The molecule has 0 bridgehead atoms. The molecule has 2 N–H and O–H groups in total. The second kappa shape index (κ2) is 9.39. The van der Waals surface area contributed by atoms with Gasteiger partial charge in [0.25, 0.3) is 5.91 Å². The Balaban J connectivity index is 2.06. The first kappa shape index (κ1) is 17.6. The summed E-state index contributed by atoms with van der Waals surface area (Å²) in [6.45, 7) is 5.36. The van der Waals surface area contributed by atoms with Crippen LogP contribution in [0.25, 0.3) is 0 Å². The Morgan fingerprint density at radius 2 is 2.00 bits per heavy atom. The van der Waals surface area contributed by atoms with Gasteiger partial charge in [0.1, 0.15) is 17.2 Å². The van der Waals surface area contributed by atoms with Crippen molar-refractivity contribution in [2.45, 2.75) is 26.7 Å². The van der Waals surface area contributed by atoms with Gasteiger partial charge in [0.05, 0.1) is 19.4 Å². The molecule has 0 aliphatic rings. The van der Waals surface area contributed by atoms with Gasteiger partial charge in [-0.15, -0.1) is 0 Å². The van der Waals surface area contributed by atoms with Gasteiger partial charge >= 0.3 is 0 Å². The van der Waals surface area contributed by atoms with Crippen LogP contribution in [0, 0.1) is 0 Å². The third-order valence-corrected chi connectivity index (χ3v) is 3.13. The number of H-pyrrole nitrogens is 1. The molecule has 6 nitrogen and oxygen atoms in total. The zero-order valence-corrected chi connectivity index (χ0v) is 14.0. The first-order chi connectivity index (χ1) is 11.7. The van der Waals surface area contributed by atoms with E-state index in [0.29, 0.717) is 24.7 Å². The van der Waals surface area contributed by atoms with Crippen LogP contribution in [-0.2, 0) is 0 Å². The van der Waals surface area contributed by atoms with Gasteiger partial charge in [-0.3, -0.25) is 4.79 Å². The molecule has 2 aromatic rings.